The van der Waals surface area contributed by atoms with Gasteiger partial charge < -0.3 is 5.32 Å². The second-order valence-electron chi connectivity index (χ2n) is 5.60. The largest absolute Gasteiger partial charge is 0.348 e. The van der Waals surface area contributed by atoms with E-state index in [1.165, 1.54) is 12.8 Å². The Bertz CT molecular complexity index is 638. The molecule has 2 aromatic rings. The van der Waals surface area contributed by atoms with Crippen molar-refractivity contribution in [1.82, 2.24) is 14.7 Å². The molecule has 3 rings (SSSR count). The van der Waals surface area contributed by atoms with Gasteiger partial charge >= 0.3 is 0 Å². The number of imidazole rings is 1. The zero-order valence-electron chi connectivity index (χ0n) is 12.1. The maximum absolute atomic E-state index is 12.6. The summed E-state index contributed by atoms with van der Waals surface area (Å²) in [5, 5.41) is 3.17. The third-order valence-electron chi connectivity index (χ3n) is 4.16. The Hall–Kier alpha value is -1.84. The third-order valence-corrected chi connectivity index (χ3v) is 4.16. The Morgan fingerprint density at radius 2 is 2.20 bits per heavy atom. The zero-order valence-corrected chi connectivity index (χ0v) is 12.1. The zero-order chi connectivity index (χ0) is 14.1. The fraction of sp³-hybridized carbons (Fsp3) is 0.500. The molecule has 4 heteroatoms. The Kier molecular flexibility index (Phi) is 3.47. The van der Waals surface area contributed by atoms with Gasteiger partial charge in [0, 0.05) is 12.2 Å². The highest BCUT2D eigenvalue weighted by Crippen LogP contribution is 2.20. The van der Waals surface area contributed by atoms with Crippen molar-refractivity contribution < 1.29 is 4.79 Å². The predicted molar refractivity (Wildman–Crippen MR) is 79.0 cm³/mol. The van der Waals surface area contributed by atoms with Crippen molar-refractivity contribution in [3.05, 3.63) is 35.3 Å². The summed E-state index contributed by atoms with van der Waals surface area (Å²) in [6.45, 7) is 4.07. The highest BCUT2D eigenvalue weighted by molar-refractivity contribution is 5.95. The molecule has 0 aromatic carbocycles. The third kappa shape index (κ3) is 2.19. The number of pyridine rings is 1. The molecule has 106 valence electrons. The van der Waals surface area contributed by atoms with E-state index in [0.29, 0.717) is 11.7 Å². The lowest BCUT2D eigenvalue weighted by Gasteiger charge is -2.12. The van der Waals surface area contributed by atoms with Crippen LogP contribution in [-0.4, -0.2) is 21.3 Å². The first-order chi connectivity index (χ1) is 9.70. The van der Waals surface area contributed by atoms with Crippen LogP contribution in [0.15, 0.2) is 18.3 Å². The molecule has 0 spiro atoms. The van der Waals surface area contributed by atoms with Crippen LogP contribution in [-0.2, 0) is 6.42 Å². The van der Waals surface area contributed by atoms with Crippen molar-refractivity contribution in [1.29, 1.82) is 0 Å². The first-order valence-corrected chi connectivity index (χ1v) is 7.48. The van der Waals surface area contributed by atoms with Crippen LogP contribution in [0.2, 0.25) is 0 Å². The normalized spacial score (nSPS) is 15.9. The summed E-state index contributed by atoms with van der Waals surface area (Å²) < 4.78 is 1.93. The van der Waals surface area contributed by atoms with Gasteiger partial charge in [-0.05, 0) is 37.8 Å². The number of carbonyl (C=O) groups excluding carboxylic acids is 1. The molecule has 0 bridgehead atoms. The summed E-state index contributed by atoms with van der Waals surface area (Å²) in [5.74, 6) is 0.0202. The van der Waals surface area contributed by atoms with Crippen molar-refractivity contribution in [3.8, 4) is 0 Å². The Morgan fingerprint density at radius 3 is 2.90 bits per heavy atom. The molecule has 1 saturated carbocycles. The van der Waals surface area contributed by atoms with E-state index in [4.69, 9.17) is 0 Å². The number of aromatic nitrogens is 2. The maximum Gasteiger partial charge on any atom is 0.270 e. The van der Waals surface area contributed by atoms with E-state index >= 15 is 0 Å². The van der Waals surface area contributed by atoms with E-state index in [1.54, 1.807) is 0 Å². The molecule has 4 nitrogen and oxygen atoms in total. The van der Waals surface area contributed by atoms with Gasteiger partial charge in [0.25, 0.3) is 5.91 Å². The number of nitrogens with one attached hydrogen (secondary N) is 1. The monoisotopic (exact) mass is 271 g/mol. The van der Waals surface area contributed by atoms with Crippen molar-refractivity contribution in [3.63, 3.8) is 0 Å². The number of nitrogens with zero attached hydrogens (tertiary/aromatic N) is 2. The minimum absolute atomic E-state index is 0.0202. The van der Waals surface area contributed by atoms with Crippen LogP contribution in [0, 0.1) is 6.92 Å². The molecule has 2 aromatic heterocycles. The Labute approximate surface area is 119 Å². The standard InChI is InChI=1S/C16H21N3O/c1-3-13-14(16(20)17-12-8-4-5-9-12)19-10-6-7-11(2)15(19)18-13/h6-7,10,12H,3-5,8-9H2,1-2H3,(H,17,20). The predicted octanol–water partition coefficient (Wildman–Crippen LogP) is 2.88. The molecule has 1 aliphatic rings. The van der Waals surface area contributed by atoms with Gasteiger partial charge in [-0.2, -0.15) is 0 Å². The molecule has 0 saturated heterocycles. The van der Waals surface area contributed by atoms with Gasteiger partial charge in [0.05, 0.1) is 5.69 Å². The quantitative estimate of drug-likeness (QED) is 0.933. The molecule has 2 heterocycles. The number of fused-ring (bicyclic) bond motifs is 1. The fourth-order valence-electron chi connectivity index (χ4n) is 3.06. The first kappa shape index (κ1) is 13.2. The molecular weight excluding hydrogens is 250 g/mol. The molecule has 20 heavy (non-hydrogen) atoms. The lowest BCUT2D eigenvalue weighted by molar-refractivity contribution is 0.0931. The molecule has 1 amide bonds. The van der Waals surface area contributed by atoms with E-state index in [-0.39, 0.29) is 5.91 Å². The number of amides is 1. The van der Waals surface area contributed by atoms with E-state index in [1.807, 2.05) is 36.6 Å². The van der Waals surface area contributed by atoms with Gasteiger partial charge in [0.2, 0.25) is 0 Å². The average Bonchev–Trinajstić information content (AvgIpc) is 3.05. The minimum Gasteiger partial charge on any atom is -0.348 e. The van der Waals surface area contributed by atoms with Crippen molar-refractivity contribution in [2.24, 2.45) is 0 Å². The molecule has 0 aliphatic heterocycles. The second kappa shape index (κ2) is 5.27. The highest BCUT2D eigenvalue weighted by atomic mass is 16.2. The number of hydrogen-bond donors (Lipinski definition) is 1. The van der Waals surface area contributed by atoms with Gasteiger partial charge in [-0.3, -0.25) is 9.20 Å². The number of hydrogen-bond acceptors (Lipinski definition) is 2. The fourth-order valence-corrected chi connectivity index (χ4v) is 3.06. The van der Waals surface area contributed by atoms with Gasteiger partial charge in [0.1, 0.15) is 11.3 Å². The van der Waals surface area contributed by atoms with E-state index in [0.717, 1.165) is 36.2 Å². The summed E-state index contributed by atoms with van der Waals surface area (Å²) in [4.78, 5) is 17.2. The van der Waals surface area contributed by atoms with Crippen molar-refractivity contribution in [2.75, 3.05) is 0 Å². The van der Waals surface area contributed by atoms with Crippen molar-refractivity contribution >= 4 is 11.6 Å². The average molecular weight is 271 g/mol. The van der Waals surface area contributed by atoms with E-state index < -0.39 is 0 Å². The second-order valence-corrected chi connectivity index (χ2v) is 5.60. The molecule has 0 atom stereocenters. The summed E-state index contributed by atoms with van der Waals surface area (Å²) >= 11 is 0. The minimum atomic E-state index is 0.0202. The molecule has 1 aliphatic carbocycles. The van der Waals surface area contributed by atoms with Crippen LogP contribution in [0.3, 0.4) is 0 Å². The molecule has 1 N–H and O–H groups in total. The van der Waals surface area contributed by atoms with Crippen LogP contribution in [0.4, 0.5) is 0 Å². The van der Waals surface area contributed by atoms with E-state index in [2.05, 4.69) is 10.3 Å². The molecule has 0 radical (unpaired) electrons. The smallest absolute Gasteiger partial charge is 0.270 e. The SMILES string of the molecule is CCc1nc2c(C)cccn2c1C(=O)NC1CCCC1. The van der Waals surface area contributed by atoms with Gasteiger partial charge in [0.15, 0.2) is 0 Å². The molecule has 0 unspecified atom stereocenters. The topological polar surface area (TPSA) is 46.4 Å². The number of aryl methyl sites for hydroxylation is 2. The summed E-state index contributed by atoms with van der Waals surface area (Å²) in [6.07, 6.45) is 7.34. The van der Waals surface area contributed by atoms with Crippen molar-refractivity contribution in [2.45, 2.75) is 52.0 Å². The van der Waals surface area contributed by atoms with E-state index in [9.17, 15) is 4.79 Å². The number of rotatable bonds is 3. The van der Waals surface area contributed by atoms with Crippen LogP contribution in [0.25, 0.3) is 5.65 Å². The first-order valence-electron chi connectivity index (χ1n) is 7.48. The lowest BCUT2D eigenvalue weighted by Crippen LogP contribution is -2.33. The number of carbonyl (C=O) groups is 1. The maximum atomic E-state index is 12.6. The van der Waals surface area contributed by atoms with Gasteiger partial charge in [-0.15, -0.1) is 0 Å². The Balaban J connectivity index is 2.00. The highest BCUT2D eigenvalue weighted by Gasteiger charge is 2.23. The van der Waals surface area contributed by atoms with Crippen LogP contribution >= 0.6 is 0 Å². The van der Waals surface area contributed by atoms with Crippen LogP contribution < -0.4 is 5.32 Å². The van der Waals surface area contributed by atoms with Gasteiger partial charge in [-0.1, -0.05) is 25.8 Å². The lowest BCUT2D eigenvalue weighted by atomic mass is 10.2. The van der Waals surface area contributed by atoms with Crippen LogP contribution in [0.1, 0.15) is 54.4 Å². The molecule has 1 fully saturated rings. The Morgan fingerprint density at radius 1 is 1.45 bits per heavy atom. The summed E-state index contributed by atoms with van der Waals surface area (Å²) in [7, 11) is 0. The summed E-state index contributed by atoms with van der Waals surface area (Å²) in [6, 6.07) is 4.33. The van der Waals surface area contributed by atoms with Crippen LogP contribution in [0.5, 0.6) is 0 Å². The molecular formula is C16H21N3O. The van der Waals surface area contributed by atoms with Gasteiger partial charge in [-0.25, -0.2) is 4.98 Å². The summed E-state index contributed by atoms with van der Waals surface area (Å²) in [5.41, 5.74) is 3.58.